The lowest BCUT2D eigenvalue weighted by atomic mass is 9.87. The Morgan fingerprint density at radius 1 is 1.21 bits per heavy atom. The zero-order valence-corrected chi connectivity index (χ0v) is 13.1. The minimum absolute atomic E-state index is 0.0229. The summed E-state index contributed by atoms with van der Waals surface area (Å²) in [5, 5.41) is 3.44. The first-order valence-electron chi connectivity index (χ1n) is 6.99. The first kappa shape index (κ1) is 14.5. The van der Waals surface area contributed by atoms with Gasteiger partial charge in [0.05, 0.1) is 0 Å². The number of benzene rings is 1. The van der Waals surface area contributed by atoms with Gasteiger partial charge < -0.3 is 5.73 Å². The molecule has 1 heterocycles. The molecule has 0 aliphatic rings. The molecule has 0 aliphatic carbocycles. The summed E-state index contributed by atoms with van der Waals surface area (Å²) in [5.74, 6) is 0. The van der Waals surface area contributed by atoms with E-state index in [1.807, 2.05) is 0 Å². The van der Waals surface area contributed by atoms with E-state index >= 15 is 0 Å². The molecular weight excluding hydrogens is 252 g/mol. The highest BCUT2D eigenvalue weighted by Gasteiger charge is 2.33. The van der Waals surface area contributed by atoms with Crippen LogP contribution in [0.15, 0.2) is 29.6 Å². The first-order valence-corrected chi connectivity index (χ1v) is 7.87. The molecule has 1 atom stereocenters. The largest absolute Gasteiger partial charge is 0.322 e. The van der Waals surface area contributed by atoms with E-state index in [1.54, 1.807) is 11.3 Å². The van der Waals surface area contributed by atoms with Gasteiger partial charge in [-0.3, -0.25) is 4.90 Å². The molecule has 0 bridgehead atoms. The van der Waals surface area contributed by atoms with Crippen molar-refractivity contribution in [3.8, 4) is 0 Å². The van der Waals surface area contributed by atoms with Crippen LogP contribution in [0.2, 0.25) is 0 Å². The first-order chi connectivity index (χ1) is 9.02. The second kappa shape index (κ2) is 5.61. The molecule has 0 aliphatic heterocycles. The standard InChI is InChI=1S/C16H24N2S/c1-5-18(6-2)16(3,4)15(17)13-9-7-8-12-10-11-19-14(12)13/h7-11,15H,5-6,17H2,1-4H3. The van der Waals surface area contributed by atoms with E-state index in [2.05, 4.69) is 62.2 Å². The van der Waals surface area contributed by atoms with Crippen molar-refractivity contribution in [2.75, 3.05) is 13.1 Å². The average Bonchev–Trinajstić information content (AvgIpc) is 2.87. The van der Waals surface area contributed by atoms with Crippen molar-refractivity contribution in [3.63, 3.8) is 0 Å². The molecule has 2 nitrogen and oxygen atoms in total. The Bertz CT molecular complexity index is 540. The van der Waals surface area contributed by atoms with Crippen LogP contribution in [-0.2, 0) is 0 Å². The molecule has 0 spiro atoms. The molecular formula is C16H24N2S. The number of hydrogen-bond donors (Lipinski definition) is 1. The molecule has 0 amide bonds. The molecule has 0 saturated heterocycles. The number of thiophene rings is 1. The molecule has 3 heteroatoms. The van der Waals surface area contributed by atoms with E-state index in [-0.39, 0.29) is 11.6 Å². The maximum atomic E-state index is 6.62. The molecule has 0 fully saturated rings. The molecule has 19 heavy (non-hydrogen) atoms. The fourth-order valence-corrected chi connectivity index (χ4v) is 3.83. The van der Waals surface area contributed by atoms with Crippen molar-refractivity contribution in [2.24, 2.45) is 5.73 Å². The summed E-state index contributed by atoms with van der Waals surface area (Å²) >= 11 is 1.79. The van der Waals surface area contributed by atoms with E-state index in [4.69, 9.17) is 5.73 Å². The summed E-state index contributed by atoms with van der Waals surface area (Å²) in [4.78, 5) is 2.43. The number of likely N-dealkylation sites (N-methyl/N-ethyl adjacent to an activating group) is 1. The Hall–Kier alpha value is -0.900. The lowest BCUT2D eigenvalue weighted by molar-refractivity contribution is 0.107. The normalized spacial score (nSPS) is 14.2. The van der Waals surface area contributed by atoms with Gasteiger partial charge in [-0.05, 0) is 49.3 Å². The third-order valence-electron chi connectivity index (χ3n) is 4.18. The van der Waals surface area contributed by atoms with E-state index < -0.39 is 0 Å². The molecule has 1 unspecified atom stereocenters. The minimum Gasteiger partial charge on any atom is -0.322 e. The van der Waals surface area contributed by atoms with Gasteiger partial charge in [0.25, 0.3) is 0 Å². The molecule has 1 aromatic heterocycles. The highest BCUT2D eigenvalue weighted by molar-refractivity contribution is 7.17. The summed E-state index contributed by atoms with van der Waals surface area (Å²) in [5.41, 5.74) is 7.84. The quantitative estimate of drug-likeness (QED) is 0.893. The van der Waals surface area contributed by atoms with Crippen LogP contribution in [0.1, 0.15) is 39.3 Å². The molecule has 2 aromatic rings. The topological polar surface area (TPSA) is 29.3 Å². The van der Waals surface area contributed by atoms with Gasteiger partial charge in [-0.25, -0.2) is 0 Å². The van der Waals surface area contributed by atoms with Crippen LogP contribution in [0.5, 0.6) is 0 Å². The smallest absolute Gasteiger partial charge is 0.0491 e. The summed E-state index contributed by atoms with van der Waals surface area (Å²) in [6, 6.07) is 8.64. The predicted molar refractivity (Wildman–Crippen MR) is 85.8 cm³/mol. The summed E-state index contributed by atoms with van der Waals surface area (Å²) in [6.07, 6.45) is 0. The summed E-state index contributed by atoms with van der Waals surface area (Å²) < 4.78 is 1.33. The van der Waals surface area contributed by atoms with Crippen LogP contribution in [0, 0.1) is 0 Å². The number of nitrogens with zero attached hydrogens (tertiary/aromatic N) is 1. The number of nitrogens with two attached hydrogens (primary N) is 1. The Morgan fingerprint density at radius 3 is 2.53 bits per heavy atom. The Labute approximate surface area is 120 Å². The van der Waals surface area contributed by atoms with Crippen molar-refractivity contribution in [1.82, 2.24) is 4.90 Å². The van der Waals surface area contributed by atoms with Gasteiger partial charge in [0.1, 0.15) is 0 Å². The number of fused-ring (bicyclic) bond motifs is 1. The second-order valence-electron chi connectivity index (χ2n) is 5.49. The van der Waals surface area contributed by atoms with Crippen LogP contribution in [0.25, 0.3) is 10.1 Å². The monoisotopic (exact) mass is 276 g/mol. The van der Waals surface area contributed by atoms with Gasteiger partial charge in [-0.2, -0.15) is 0 Å². The Kier molecular flexibility index (Phi) is 4.29. The highest BCUT2D eigenvalue weighted by atomic mass is 32.1. The van der Waals surface area contributed by atoms with Gasteiger partial charge in [0, 0.05) is 16.3 Å². The SMILES string of the molecule is CCN(CC)C(C)(C)C(N)c1cccc2ccsc12. The maximum absolute atomic E-state index is 6.62. The van der Waals surface area contributed by atoms with Gasteiger partial charge in [-0.1, -0.05) is 32.0 Å². The fourth-order valence-electron chi connectivity index (χ4n) is 2.88. The van der Waals surface area contributed by atoms with Crippen molar-refractivity contribution in [3.05, 3.63) is 35.2 Å². The second-order valence-corrected chi connectivity index (χ2v) is 6.41. The molecule has 0 saturated carbocycles. The molecule has 0 radical (unpaired) electrons. The van der Waals surface area contributed by atoms with Crippen LogP contribution >= 0.6 is 11.3 Å². The average molecular weight is 276 g/mol. The van der Waals surface area contributed by atoms with Crippen LogP contribution in [0.4, 0.5) is 0 Å². The van der Waals surface area contributed by atoms with E-state index in [1.165, 1.54) is 15.6 Å². The summed E-state index contributed by atoms with van der Waals surface area (Å²) in [7, 11) is 0. The zero-order valence-electron chi connectivity index (χ0n) is 12.3. The van der Waals surface area contributed by atoms with E-state index in [0.29, 0.717) is 0 Å². The van der Waals surface area contributed by atoms with E-state index in [9.17, 15) is 0 Å². The Morgan fingerprint density at radius 2 is 1.89 bits per heavy atom. The third kappa shape index (κ3) is 2.55. The predicted octanol–water partition coefficient (Wildman–Crippen LogP) is 4.02. The van der Waals surface area contributed by atoms with Crippen molar-refractivity contribution in [1.29, 1.82) is 0 Å². The molecule has 2 N–H and O–H groups in total. The lowest BCUT2D eigenvalue weighted by Crippen LogP contribution is -2.51. The van der Waals surface area contributed by atoms with Crippen molar-refractivity contribution < 1.29 is 0 Å². The van der Waals surface area contributed by atoms with Crippen LogP contribution in [-0.4, -0.2) is 23.5 Å². The van der Waals surface area contributed by atoms with Gasteiger partial charge in [0.15, 0.2) is 0 Å². The van der Waals surface area contributed by atoms with Gasteiger partial charge in [0.2, 0.25) is 0 Å². The van der Waals surface area contributed by atoms with Crippen molar-refractivity contribution >= 4 is 21.4 Å². The van der Waals surface area contributed by atoms with Crippen LogP contribution < -0.4 is 5.73 Å². The summed E-state index contributed by atoms with van der Waals surface area (Å²) in [6.45, 7) is 10.9. The highest BCUT2D eigenvalue weighted by Crippen LogP contribution is 2.35. The zero-order chi connectivity index (χ0) is 14.0. The Balaban J connectivity index is 2.43. The van der Waals surface area contributed by atoms with Crippen LogP contribution in [0.3, 0.4) is 0 Å². The van der Waals surface area contributed by atoms with Crippen molar-refractivity contribution in [2.45, 2.75) is 39.3 Å². The molecule has 104 valence electrons. The maximum Gasteiger partial charge on any atom is 0.0491 e. The van der Waals surface area contributed by atoms with Gasteiger partial charge in [-0.15, -0.1) is 11.3 Å². The lowest BCUT2D eigenvalue weighted by Gasteiger charge is -2.42. The number of hydrogen-bond acceptors (Lipinski definition) is 3. The molecule has 1 aromatic carbocycles. The molecule has 2 rings (SSSR count). The third-order valence-corrected chi connectivity index (χ3v) is 5.16. The minimum atomic E-state index is -0.0399. The fraction of sp³-hybridized carbons (Fsp3) is 0.500. The number of rotatable bonds is 5. The van der Waals surface area contributed by atoms with Gasteiger partial charge >= 0.3 is 0 Å². The van der Waals surface area contributed by atoms with E-state index in [0.717, 1.165) is 13.1 Å².